The largest absolute Gasteiger partial charge is 1.00 e. The SMILES string of the molecule is CCCCCCCC/C=C1/CCCCCCC1C(=O)N(C)CCS(=O)(=O)[O-].[Na+]. The minimum atomic E-state index is -4.30. The molecule has 1 aliphatic carbocycles. The van der Waals surface area contributed by atoms with Crippen LogP contribution in [0.15, 0.2) is 11.6 Å². The summed E-state index contributed by atoms with van der Waals surface area (Å²) in [5.41, 5.74) is 1.23. The Bertz CT molecular complexity index is 563. The number of hydrogen-bond acceptors (Lipinski definition) is 4. The summed E-state index contributed by atoms with van der Waals surface area (Å²) >= 11 is 0. The van der Waals surface area contributed by atoms with Gasteiger partial charge in [0.25, 0.3) is 0 Å². The molecule has 158 valence electrons. The molecule has 0 bridgehead atoms. The Morgan fingerprint density at radius 2 is 1.75 bits per heavy atom. The standard InChI is InChI=1S/C21H39NO4S.Na/c1-3-4-5-6-7-8-11-14-19-15-12-9-10-13-16-20(19)21(23)22(2)17-18-27(24,25)26;/h14,20H,3-13,15-18H2,1-2H3,(H,24,25,26);/q;+1/p-1/b19-14-;. The summed E-state index contributed by atoms with van der Waals surface area (Å²) in [6.07, 6.45) is 17.1. The first-order valence-electron chi connectivity index (χ1n) is 10.7. The molecule has 1 rings (SSSR count). The van der Waals surface area contributed by atoms with E-state index in [1.165, 1.54) is 55.4 Å². The van der Waals surface area contributed by atoms with Crippen LogP contribution in [0.3, 0.4) is 0 Å². The molecule has 1 amide bonds. The minimum absolute atomic E-state index is 0. The zero-order valence-electron chi connectivity index (χ0n) is 18.2. The van der Waals surface area contributed by atoms with E-state index in [1.54, 1.807) is 7.05 Å². The van der Waals surface area contributed by atoms with E-state index < -0.39 is 15.9 Å². The molecule has 5 nitrogen and oxygen atoms in total. The average Bonchev–Trinajstić information content (AvgIpc) is 2.59. The Kier molecular flexibility index (Phi) is 16.0. The number of carbonyl (C=O) groups is 1. The van der Waals surface area contributed by atoms with E-state index in [1.807, 2.05) is 0 Å². The van der Waals surface area contributed by atoms with Crippen molar-refractivity contribution in [3.8, 4) is 0 Å². The quantitative estimate of drug-likeness (QED) is 0.219. The fraction of sp³-hybridized carbons (Fsp3) is 0.857. The molecule has 0 radical (unpaired) electrons. The fourth-order valence-electron chi connectivity index (χ4n) is 3.75. The van der Waals surface area contributed by atoms with Gasteiger partial charge < -0.3 is 9.45 Å². The third-order valence-corrected chi connectivity index (χ3v) is 6.15. The molecule has 1 atom stereocenters. The Balaban J connectivity index is 0.00000729. The number of rotatable bonds is 11. The maximum absolute atomic E-state index is 12.9. The van der Waals surface area contributed by atoms with Crippen molar-refractivity contribution in [2.45, 2.75) is 90.4 Å². The van der Waals surface area contributed by atoms with Gasteiger partial charge in [0, 0.05) is 13.6 Å². The molecule has 0 spiro atoms. The van der Waals surface area contributed by atoms with Crippen LogP contribution in [0.1, 0.15) is 90.4 Å². The molecular formula is C21H38NNaO4S. The van der Waals surface area contributed by atoms with E-state index in [2.05, 4.69) is 13.0 Å². The summed E-state index contributed by atoms with van der Waals surface area (Å²) in [6.45, 7) is 2.20. The van der Waals surface area contributed by atoms with Crippen molar-refractivity contribution in [1.29, 1.82) is 0 Å². The van der Waals surface area contributed by atoms with Crippen LogP contribution in [0.25, 0.3) is 0 Å². The Morgan fingerprint density at radius 3 is 2.43 bits per heavy atom. The molecule has 0 aliphatic heterocycles. The molecule has 0 saturated heterocycles. The van der Waals surface area contributed by atoms with Gasteiger partial charge in [-0.3, -0.25) is 4.79 Å². The fourth-order valence-corrected chi connectivity index (χ4v) is 4.25. The van der Waals surface area contributed by atoms with Crippen molar-refractivity contribution in [3.63, 3.8) is 0 Å². The van der Waals surface area contributed by atoms with Crippen LogP contribution in [0.2, 0.25) is 0 Å². The van der Waals surface area contributed by atoms with Gasteiger partial charge in [-0.1, -0.05) is 69.9 Å². The molecule has 7 heteroatoms. The molecule has 0 aromatic rings. The van der Waals surface area contributed by atoms with Crippen LogP contribution in [0.5, 0.6) is 0 Å². The van der Waals surface area contributed by atoms with Crippen LogP contribution in [0, 0.1) is 5.92 Å². The summed E-state index contributed by atoms with van der Waals surface area (Å²) in [7, 11) is -2.69. The molecule has 0 aromatic heterocycles. The maximum atomic E-state index is 12.9. The summed E-state index contributed by atoms with van der Waals surface area (Å²) in [4.78, 5) is 14.3. The Labute approximate surface area is 194 Å². The second kappa shape index (κ2) is 15.9. The Hall–Kier alpha value is 0.120. The minimum Gasteiger partial charge on any atom is -0.748 e. The maximum Gasteiger partial charge on any atom is 1.00 e. The van der Waals surface area contributed by atoms with E-state index in [0.29, 0.717) is 0 Å². The van der Waals surface area contributed by atoms with Crippen molar-refractivity contribution in [1.82, 2.24) is 4.90 Å². The van der Waals surface area contributed by atoms with Crippen LogP contribution < -0.4 is 29.6 Å². The first-order valence-corrected chi connectivity index (χ1v) is 12.3. The molecule has 1 fully saturated rings. The molecule has 0 N–H and O–H groups in total. The number of carbonyl (C=O) groups excluding carboxylic acids is 1. The van der Waals surface area contributed by atoms with Crippen molar-refractivity contribution < 1.29 is 47.3 Å². The third kappa shape index (κ3) is 12.6. The molecule has 28 heavy (non-hydrogen) atoms. The van der Waals surface area contributed by atoms with Crippen molar-refractivity contribution >= 4 is 16.0 Å². The second-order valence-electron chi connectivity index (χ2n) is 7.86. The molecule has 1 saturated carbocycles. The van der Waals surface area contributed by atoms with Gasteiger partial charge in [-0.2, -0.15) is 0 Å². The predicted molar refractivity (Wildman–Crippen MR) is 109 cm³/mol. The van der Waals surface area contributed by atoms with Gasteiger partial charge >= 0.3 is 29.6 Å². The smallest absolute Gasteiger partial charge is 0.748 e. The predicted octanol–water partition coefficient (Wildman–Crippen LogP) is 1.64. The van der Waals surface area contributed by atoms with Gasteiger partial charge in [-0.25, -0.2) is 8.42 Å². The van der Waals surface area contributed by atoms with Gasteiger partial charge in [0.2, 0.25) is 5.91 Å². The number of amides is 1. The molecule has 1 unspecified atom stereocenters. The van der Waals surface area contributed by atoms with Crippen molar-refractivity contribution in [3.05, 3.63) is 11.6 Å². The molecule has 0 heterocycles. The summed E-state index contributed by atoms with van der Waals surface area (Å²) in [5, 5.41) is 0. The van der Waals surface area contributed by atoms with Gasteiger partial charge in [0.05, 0.1) is 21.8 Å². The summed E-state index contributed by atoms with van der Waals surface area (Å²) in [5.74, 6) is -0.696. The zero-order chi connectivity index (χ0) is 20.1. The summed E-state index contributed by atoms with van der Waals surface area (Å²) < 4.78 is 32.6. The van der Waals surface area contributed by atoms with E-state index in [9.17, 15) is 17.8 Å². The number of nitrogens with zero attached hydrogens (tertiary/aromatic N) is 1. The average molecular weight is 424 g/mol. The number of allylic oxidation sites excluding steroid dienone is 1. The van der Waals surface area contributed by atoms with Gasteiger partial charge in [0.1, 0.15) is 0 Å². The van der Waals surface area contributed by atoms with E-state index in [-0.39, 0.29) is 47.9 Å². The molecule has 1 aliphatic rings. The van der Waals surface area contributed by atoms with Crippen LogP contribution in [-0.4, -0.2) is 43.1 Å². The Morgan fingerprint density at radius 1 is 1.11 bits per heavy atom. The first-order chi connectivity index (χ1) is 12.8. The monoisotopic (exact) mass is 423 g/mol. The normalized spacial score (nSPS) is 19.5. The third-order valence-electron chi connectivity index (χ3n) is 5.47. The van der Waals surface area contributed by atoms with Gasteiger partial charge in [-0.15, -0.1) is 0 Å². The van der Waals surface area contributed by atoms with E-state index >= 15 is 0 Å². The van der Waals surface area contributed by atoms with Gasteiger partial charge in [0.15, 0.2) is 0 Å². The summed E-state index contributed by atoms with van der Waals surface area (Å²) in [6, 6.07) is 0. The molecular weight excluding hydrogens is 385 g/mol. The number of unbranched alkanes of at least 4 members (excludes halogenated alkanes) is 6. The topological polar surface area (TPSA) is 77.5 Å². The van der Waals surface area contributed by atoms with Crippen LogP contribution >= 0.6 is 0 Å². The molecule has 0 aromatic carbocycles. The van der Waals surface area contributed by atoms with E-state index in [0.717, 1.165) is 38.5 Å². The zero-order valence-corrected chi connectivity index (χ0v) is 21.1. The van der Waals surface area contributed by atoms with Crippen molar-refractivity contribution in [2.75, 3.05) is 19.3 Å². The van der Waals surface area contributed by atoms with Gasteiger partial charge in [-0.05, 0) is 32.1 Å². The van der Waals surface area contributed by atoms with E-state index in [4.69, 9.17) is 0 Å². The van der Waals surface area contributed by atoms with Crippen LogP contribution in [0.4, 0.5) is 0 Å². The first kappa shape index (κ1) is 28.1. The van der Waals surface area contributed by atoms with Crippen molar-refractivity contribution in [2.24, 2.45) is 5.92 Å². The van der Waals surface area contributed by atoms with Crippen LogP contribution in [-0.2, 0) is 14.9 Å². The number of hydrogen-bond donors (Lipinski definition) is 0. The second-order valence-corrected chi connectivity index (χ2v) is 9.39.